The van der Waals surface area contributed by atoms with Crippen LogP contribution in [0.1, 0.15) is 16.7 Å². The molecule has 0 spiro atoms. The molecule has 3 aliphatic heterocycles. The Morgan fingerprint density at radius 2 is 1.81 bits per heavy atom. The molecular formula is C23H24FN5O2. The van der Waals surface area contributed by atoms with E-state index in [2.05, 4.69) is 36.9 Å². The van der Waals surface area contributed by atoms with Crippen molar-refractivity contribution in [3.8, 4) is 0 Å². The van der Waals surface area contributed by atoms with Crippen molar-refractivity contribution in [2.75, 3.05) is 25.0 Å². The Kier molecular flexibility index (Phi) is 4.46. The van der Waals surface area contributed by atoms with Crippen LogP contribution in [0.5, 0.6) is 0 Å². The number of aliphatic imine (C=N–C) groups is 1. The maximum Gasteiger partial charge on any atom is 0.328 e. The Morgan fingerprint density at radius 3 is 2.52 bits per heavy atom. The number of nitrogens with zero attached hydrogens (tertiary/aromatic N) is 5. The van der Waals surface area contributed by atoms with Gasteiger partial charge in [-0.2, -0.15) is 0 Å². The van der Waals surface area contributed by atoms with Crippen LogP contribution in [-0.4, -0.2) is 64.9 Å². The zero-order chi connectivity index (χ0) is 21.9. The molecule has 0 saturated carbocycles. The third-order valence-electron chi connectivity index (χ3n) is 6.27. The molecule has 0 aromatic heterocycles. The smallest absolute Gasteiger partial charge is 0.325 e. The summed E-state index contributed by atoms with van der Waals surface area (Å²) in [6, 6.07) is 11.2. The van der Waals surface area contributed by atoms with Crippen molar-refractivity contribution < 1.29 is 14.0 Å². The summed E-state index contributed by atoms with van der Waals surface area (Å²) in [5.74, 6) is 0.117. The first-order chi connectivity index (χ1) is 14.8. The van der Waals surface area contributed by atoms with Crippen molar-refractivity contribution in [1.82, 2.24) is 14.7 Å². The third kappa shape index (κ3) is 3.05. The largest absolute Gasteiger partial charge is 0.328 e. The molecule has 7 nitrogen and oxygen atoms in total. The Bertz CT molecular complexity index is 1100. The molecular weight excluding hydrogens is 397 g/mol. The summed E-state index contributed by atoms with van der Waals surface area (Å²) in [6.45, 7) is 5.62. The normalized spacial score (nSPS) is 22.8. The summed E-state index contributed by atoms with van der Waals surface area (Å²) in [5.41, 5.74) is 4.10. The van der Waals surface area contributed by atoms with Crippen molar-refractivity contribution in [3.05, 3.63) is 65.0 Å². The maximum absolute atomic E-state index is 13.4. The molecule has 2 aromatic rings. The molecule has 2 unspecified atom stereocenters. The van der Waals surface area contributed by atoms with Crippen LogP contribution < -0.4 is 4.90 Å². The summed E-state index contributed by atoms with van der Waals surface area (Å²) in [4.78, 5) is 38.1. The molecule has 2 fully saturated rings. The number of hydrogen-bond acceptors (Lipinski definition) is 5. The standard InChI is InChI=1S/C23H24FN5O2/c1-14-4-9-18(15(2)12-14)27-10-11-28-19-20(25-22(27)28)26(3)23(31)29(21(19)30)13-16-5-7-17(24)8-6-16/h4-9,12,19-20H,10-11,13H2,1-3H3. The second kappa shape index (κ2) is 7.08. The highest BCUT2D eigenvalue weighted by atomic mass is 19.1. The number of amides is 3. The highest BCUT2D eigenvalue weighted by Gasteiger charge is 2.54. The first kappa shape index (κ1) is 19.5. The van der Waals surface area contributed by atoms with Gasteiger partial charge in [0, 0.05) is 25.8 Å². The molecule has 31 heavy (non-hydrogen) atoms. The lowest BCUT2D eigenvalue weighted by Crippen LogP contribution is -2.64. The zero-order valence-electron chi connectivity index (χ0n) is 17.7. The number of hydrogen-bond donors (Lipinski definition) is 0. The minimum absolute atomic E-state index is 0.107. The summed E-state index contributed by atoms with van der Waals surface area (Å²) in [6.07, 6.45) is -0.548. The molecule has 0 aliphatic carbocycles. The second-order valence-electron chi connectivity index (χ2n) is 8.37. The summed E-state index contributed by atoms with van der Waals surface area (Å²) < 4.78 is 13.2. The van der Waals surface area contributed by atoms with Crippen LogP contribution in [-0.2, 0) is 11.3 Å². The number of fused-ring (bicyclic) bond motifs is 3. The van der Waals surface area contributed by atoms with Crippen LogP contribution in [0.25, 0.3) is 0 Å². The lowest BCUT2D eigenvalue weighted by Gasteiger charge is -2.40. The summed E-state index contributed by atoms with van der Waals surface area (Å²) in [5, 5.41) is 0. The third-order valence-corrected chi connectivity index (χ3v) is 6.27. The van der Waals surface area contributed by atoms with E-state index in [0.29, 0.717) is 12.1 Å². The summed E-state index contributed by atoms with van der Waals surface area (Å²) >= 11 is 0. The highest BCUT2D eigenvalue weighted by Crippen LogP contribution is 2.35. The fraction of sp³-hybridized carbons (Fsp3) is 0.348. The van der Waals surface area contributed by atoms with E-state index in [1.54, 1.807) is 19.2 Å². The van der Waals surface area contributed by atoms with E-state index < -0.39 is 12.2 Å². The monoisotopic (exact) mass is 421 g/mol. The van der Waals surface area contributed by atoms with Crippen LogP contribution in [0.15, 0.2) is 47.5 Å². The van der Waals surface area contributed by atoms with Gasteiger partial charge >= 0.3 is 6.03 Å². The molecule has 3 aliphatic rings. The highest BCUT2D eigenvalue weighted by molar-refractivity contribution is 6.08. The lowest BCUT2D eigenvalue weighted by atomic mass is 10.1. The first-order valence-corrected chi connectivity index (χ1v) is 10.4. The lowest BCUT2D eigenvalue weighted by molar-refractivity contribution is -0.137. The molecule has 3 amide bonds. The van der Waals surface area contributed by atoms with Crippen molar-refractivity contribution in [2.24, 2.45) is 4.99 Å². The van der Waals surface area contributed by atoms with Gasteiger partial charge in [-0.25, -0.2) is 14.2 Å². The van der Waals surface area contributed by atoms with E-state index >= 15 is 0 Å². The molecule has 5 rings (SSSR count). The number of urea groups is 1. The van der Waals surface area contributed by atoms with Gasteiger partial charge in [-0.3, -0.25) is 9.69 Å². The Balaban J connectivity index is 1.44. The van der Waals surface area contributed by atoms with Gasteiger partial charge < -0.3 is 14.7 Å². The van der Waals surface area contributed by atoms with Gasteiger partial charge in [0.2, 0.25) is 5.96 Å². The Hall–Kier alpha value is -3.42. The number of carbonyl (C=O) groups excluding carboxylic acids is 2. The van der Waals surface area contributed by atoms with Crippen LogP contribution >= 0.6 is 0 Å². The van der Waals surface area contributed by atoms with E-state index in [4.69, 9.17) is 4.99 Å². The number of guanidine groups is 1. The molecule has 0 bridgehead atoms. The number of carbonyl (C=O) groups is 2. The molecule has 0 N–H and O–H groups in total. The van der Waals surface area contributed by atoms with E-state index in [0.717, 1.165) is 23.8 Å². The molecule has 3 heterocycles. The number of imide groups is 1. The van der Waals surface area contributed by atoms with Crippen LogP contribution in [0, 0.1) is 19.7 Å². The number of benzene rings is 2. The SMILES string of the molecule is Cc1ccc(N2CCN3C2=NC2C3C(=O)N(Cc3ccc(F)cc3)C(=O)N2C)c(C)c1. The predicted octanol–water partition coefficient (Wildman–Crippen LogP) is 2.72. The maximum atomic E-state index is 13.4. The van der Waals surface area contributed by atoms with Gasteiger partial charge in [-0.05, 0) is 43.2 Å². The number of anilines is 1. The molecule has 2 aromatic carbocycles. The minimum Gasteiger partial charge on any atom is -0.325 e. The summed E-state index contributed by atoms with van der Waals surface area (Å²) in [7, 11) is 1.68. The number of likely N-dealkylation sites (N-methyl/N-ethyl adjacent to an activating group) is 1. The fourth-order valence-electron chi connectivity index (χ4n) is 4.69. The van der Waals surface area contributed by atoms with Gasteiger partial charge in [0.05, 0.1) is 6.54 Å². The second-order valence-corrected chi connectivity index (χ2v) is 8.37. The van der Waals surface area contributed by atoms with Gasteiger partial charge in [0.15, 0.2) is 12.2 Å². The van der Waals surface area contributed by atoms with Crippen LogP contribution in [0.4, 0.5) is 14.9 Å². The topological polar surface area (TPSA) is 59.5 Å². The van der Waals surface area contributed by atoms with Crippen molar-refractivity contribution in [3.63, 3.8) is 0 Å². The zero-order valence-corrected chi connectivity index (χ0v) is 17.7. The predicted molar refractivity (Wildman–Crippen MR) is 115 cm³/mol. The first-order valence-electron chi connectivity index (χ1n) is 10.4. The van der Waals surface area contributed by atoms with Gasteiger partial charge in [0.25, 0.3) is 5.91 Å². The van der Waals surface area contributed by atoms with Gasteiger partial charge in [-0.1, -0.05) is 29.8 Å². The molecule has 160 valence electrons. The quantitative estimate of drug-likeness (QED) is 0.765. The van der Waals surface area contributed by atoms with E-state index in [-0.39, 0.29) is 24.3 Å². The van der Waals surface area contributed by atoms with E-state index in [1.807, 2.05) is 4.90 Å². The number of rotatable bonds is 3. The van der Waals surface area contributed by atoms with Crippen molar-refractivity contribution in [1.29, 1.82) is 0 Å². The number of halogens is 1. The molecule has 2 saturated heterocycles. The average molecular weight is 421 g/mol. The fourth-order valence-corrected chi connectivity index (χ4v) is 4.69. The Morgan fingerprint density at radius 1 is 1.06 bits per heavy atom. The van der Waals surface area contributed by atoms with Gasteiger partial charge in [-0.15, -0.1) is 0 Å². The van der Waals surface area contributed by atoms with E-state index in [9.17, 15) is 14.0 Å². The molecule has 2 atom stereocenters. The average Bonchev–Trinajstić information content (AvgIpc) is 3.31. The number of aryl methyl sites for hydroxylation is 2. The van der Waals surface area contributed by atoms with Crippen molar-refractivity contribution in [2.45, 2.75) is 32.6 Å². The minimum atomic E-state index is -0.548. The molecule has 0 radical (unpaired) electrons. The van der Waals surface area contributed by atoms with E-state index in [1.165, 1.54) is 27.5 Å². The van der Waals surface area contributed by atoms with Crippen LogP contribution in [0.2, 0.25) is 0 Å². The van der Waals surface area contributed by atoms with Crippen LogP contribution in [0.3, 0.4) is 0 Å². The van der Waals surface area contributed by atoms with Crippen molar-refractivity contribution >= 4 is 23.6 Å². The Labute approximate surface area is 180 Å². The molecule has 8 heteroatoms. The van der Waals surface area contributed by atoms with Gasteiger partial charge in [0.1, 0.15) is 5.82 Å².